The van der Waals surface area contributed by atoms with Crippen molar-refractivity contribution in [1.82, 2.24) is 15.2 Å². The van der Waals surface area contributed by atoms with Gasteiger partial charge >= 0.3 is 0 Å². The third-order valence-electron chi connectivity index (χ3n) is 4.00. The Morgan fingerprint density at radius 2 is 2.14 bits per heavy atom. The number of pyridine rings is 1. The number of aryl methyl sites for hydroxylation is 1. The summed E-state index contributed by atoms with van der Waals surface area (Å²) >= 11 is 5.87. The summed E-state index contributed by atoms with van der Waals surface area (Å²) in [7, 11) is 0. The number of nitrogens with one attached hydrogen (secondary N) is 1. The molecule has 0 radical (unpaired) electrons. The standard InChI is InChI=1S/C16H24ClN3O/c1-12-4-8-20(9-5-12)7-3-6-18-16(21)14-10-13(2)19-15(17)11-14/h10-12H,3-9H2,1-2H3,(H,18,21). The monoisotopic (exact) mass is 309 g/mol. The molecule has 2 heterocycles. The fourth-order valence-corrected chi connectivity index (χ4v) is 2.90. The Balaban J connectivity index is 1.69. The molecule has 1 aromatic heterocycles. The third kappa shape index (κ3) is 5.29. The molecule has 1 saturated heterocycles. The number of carbonyl (C=O) groups excluding carboxylic acids is 1. The second kappa shape index (κ2) is 7.76. The fraction of sp³-hybridized carbons (Fsp3) is 0.625. The van der Waals surface area contributed by atoms with Crippen LogP contribution in [0.2, 0.25) is 5.15 Å². The lowest BCUT2D eigenvalue weighted by Gasteiger charge is -2.30. The van der Waals surface area contributed by atoms with Crippen LogP contribution in [0.15, 0.2) is 12.1 Å². The first-order chi connectivity index (χ1) is 10.0. The van der Waals surface area contributed by atoms with Crippen molar-refractivity contribution in [2.24, 2.45) is 5.92 Å². The third-order valence-corrected chi connectivity index (χ3v) is 4.19. The molecule has 0 unspecified atom stereocenters. The molecule has 1 aliphatic heterocycles. The number of likely N-dealkylation sites (tertiary alicyclic amines) is 1. The van der Waals surface area contributed by atoms with E-state index in [9.17, 15) is 4.79 Å². The number of rotatable bonds is 5. The number of halogens is 1. The first kappa shape index (κ1) is 16.2. The zero-order valence-electron chi connectivity index (χ0n) is 12.9. The van der Waals surface area contributed by atoms with Crippen LogP contribution in [0.1, 0.15) is 42.2 Å². The van der Waals surface area contributed by atoms with E-state index in [4.69, 9.17) is 11.6 Å². The average Bonchev–Trinajstić information content (AvgIpc) is 2.44. The Bertz CT molecular complexity index is 464. The number of nitrogens with zero attached hydrogens (tertiary/aromatic N) is 2. The zero-order valence-corrected chi connectivity index (χ0v) is 13.6. The van der Waals surface area contributed by atoms with Gasteiger partial charge in [0.05, 0.1) is 0 Å². The highest BCUT2D eigenvalue weighted by molar-refractivity contribution is 6.29. The number of hydrogen-bond donors (Lipinski definition) is 1. The number of aromatic nitrogens is 1. The van der Waals surface area contributed by atoms with Gasteiger partial charge in [-0.05, 0) is 63.9 Å². The van der Waals surface area contributed by atoms with Crippen LogP contribution in [0.3, 0.4) is 0 Å². The second-order valence-electron chi connectivity index (χ2n) is 5.95. The van der Waals surface area contributed by atoms with Crippen molar-refractivity contribution in [3.63, 3.8) is 0 Å². The van der Waals surface area contributed by atoms with E-state index in [1.807, 2.05) is 6.92 Å². The van der Waals surface area contributed by atoms with Crippen LogP contribution in [0.25, 0.3) is 0 Å². The van der Waals surface area contributed by atoms with Crippen LogP contribution in [0.5, 0.6) is 0 Å². The average molecular weight is 310 g/mol. The molecule has 1 N–H and O–H groups in total. The lowest BCUT2D eigenvalue weighted by atomic mass is 9.99. The minimum absolute atomic E-state index is 0.0744. The topological polar surface area (TPSA) is 45.2 Å². The highest BCUT2D eigenvalue weighted by Crippen LogP contribution is 2.15. The molecular weight excluding hydrogens is 286 g/mol. The van der Waals surface area contributed by atoms with E-state index in [1.165, 1.54) is 25.9 Å². The molecule has 0 aromatic carbocycles. The molecule has 5 heteroatoms. The summed E-state index contributed by atoms with van der Waals surface area (Å²) in [6.45, 7) is 8.29. The van der Waals surface area contributed by atoms with Crippen LogP contribution in [-0.4, -0.2) is 42.0 Å². The maximum absolute atomic E-state index is 12.0. The smallest absolute Gasteiger partial charge is 0.251 e. The Hall–Kier alpha value is -1.13. The van der Waals surface area contributed by atoms with Gasteiger partial charge in [0.1, 0.15) is 5.15 Å². The van der Waals surface area contributed by atoms with Crippen molar-refractivity contribution in [1.29, 1.82) is 0 Å². The molecule has 2 rings (SSSR count). The summed E-state index contributed by atoms with van der Waals surface area (Å²) < 4.78 is 0. The molecule has 0 spiro atoms. The Morgan fingerprint density at radius 3 is 2.81 bits per heavy atom. The molecule has 0 aliphatic carbocycles. The minimum Gasteiger partial charge on any atom is -0.352 e. The molecule has 1 aliphatic rings. The van der Waals surface area contributed by atoms with Gasteiger partial charge in [-0.1, -0.05) is 18.5 Å². The van der Waals surface area contributed by atoms with Crippen molar-refractivity contribution >= 4 is 17.5 Å². The van der Waals surface area contributed by atoms with Crippen molar-refractivity contribution in [2.45, 2.75) is 33.1 Å². The van der Waals surface area contributed by atoms with Crippen molar-refractivity contribution in [3.05, 3.63) is 28.5 Å². The molecular formula is C16H24ClN3O. The van der Waals surface area contributed by atoms with Gasteiger partial charge in [0.15, 0.2) is 0 Å². The normalized spacial score (nSPS) is 16.9. The largest absolute Gasteiger partial charge is 0.352 e. The van der Waals surface area contributed by atoms with E-state index in [1.54, 1.807) is 12.1 Å². The van der Waals surface area contributed by atoms with Gasteiger partial charge < -0.3 is 10.2 Å². The highest BCUT2D eigenvalue weighted by atomic mass is 35.5. The van der Waals surface area contributed by atoms with E-state index >= 15 is 0 Å². The number of hydrogen-bond acceptors (Lipinski definition) is 3. The molecule has 1 amide bonds. The lowest BCUT2D eigenvalue weighted by Crippen LogP contribution is -2.35. The summed E-state index contributed by atoms with van der Waals surface area (Å²) in [6, 6.07) is 3.36. The van der Waals surface area contributed by atoms with Crippen LogP contribution in [-0.2, 0) is 0 Å². The van der Waals surface area contributed by atoms with Gasteiger partial charge in [-0.15, -0.1) is 0 Å². The summed E-state index contributed by atoms with van der Waals surface area (Å²) in [5, 5.41) is 3.31. The van der Waals surface area contributed by atoms with Crippen LogP contribution in [0, 0.1) is 12.8 Å². The van der Waals surface area contributed by atoms with Crippen LogP contribution >= 0.6 is 11.6 Å². The number of amides is 1. The van der Waals surface area contributed by atoms with Crippen LogP contribution < -0.4 is 5.32 Å². The summed E-state index contributed by atoms with van der Waals surface area (Å²) in [4.78, 5) is 18.6. The first-order valence-electron chi connectivity index (χ1n) is 7.69. The summed E-state index contributed by atoms with van der Waals surface area (Å²) in [5.74, 6) is 0.787. The highest BCUT2D eigenvalue weighted by Gasteiger charge is 2.15. The van der Waals surface area contributed by atoms with E-state index in [0.717, 1.165) is 24.6 Å². The number of carbonyl (C=O) groups is 1. The van der Waals surface area contributed by atoms with Gasteiger partial charge in [-0.2, -0.15) is 0 Å². The second-order valence-corrected chi connectivity index (χ2v) is 6.34. The maximum atomic E-state index is 12.0. The van der Waals surface area contributed by atoms with Gasteiger partial charge in [0, 0.05) is 17.8 Å². The predicted octanol–water partition coefficient (Wildman–Crippen LogP) is 2.90. The van der Waals surface area contributed by atoms with Crippen LogP contribution in [0.4, 0.5) is 0 Å². The summed E-state index contributed by atoms with van der Waals surface area (Å²) in [5.41, 5.74) is 1.34. The molecule has 0 bridgehead atoms. The molecule has 1 aromatic rings. The predicted molar refractivity (Wildman–Crippen MR) is 85.8 cm³/mol. The molecule has 21 heavy (non-hydrogen) atoms. The molecule has 1 fully saturated rings. The Kier molecular flexibility index (Phi) is 6.00. The Labute approximate surface area is 131 Å². The van der Waals surface area contributed by atoms with E-state index in [2.05, 4.69) is 22.1 Å². The fourth-order valence-electron chi connectivity index (χ4n) is 2.65. The summed E-state index contributed by atoms with van der Waals surface area (Å²) in [6.07, 6.45) is 3.57. The van der Waals surface area contributed by atoms with E-state index in [0.29, 0.717) is 17.3 Å². The van der Waals surface area contributed by atoms with Crippen molar-refractivity contribution < 1.29 is 4.79 Å². The molecule has 116 valence electrons. The van der Waals surface area contributed by atoms with Crippen molar-refractivity contribution in [3.8, 4) is 0 Å². The van der Waals surface area contributed by atoms with Gasteiger partial charge in [0.2, 0.25) is 0 Å². The zero-order chi connectivity index (χ0) is 15.2. The van der Waals surface area contributed by atoms with Gasteiger partial charge in [-0.25, -0.2) is 4.98 Å². The maximum Gasteiger partial charge on any atom is 0.251 e. The van der Waals surface area contributed by atoms with Gasteiger partial charge in [-0.3, -0.25) is 4.79 Å². The lowest BCUT2D eigenvalue weighted by molar-refractivity contribution is 0.0950. The first-order valence-corrected chi connectivity index (χ1v) is 8.07. The molecule has 0 saturated carbocycles. The van der Waals surface area contributed by atoms with Gasteiger partial charge in [0.25, 0.3) is 5.91 Å². The van der Waals surface area contributed by atoms with E-state index in [-0.39, 0.29) is 5.91 Å². The number of piperidine rings is 1. The Morgan fingerprint density at radius 1 is 1.43 bits per heavy atom. The van der Waals surface area contributed by atoms with E-state index < -0.39 is 0 Å². The minimum atomic E-state index is -0.0744. The molecule has 4 nitrogen and oxygen atoms in total. The SMILES string of the molecule is Cc1cc(C(=O)NCCCN2CCC(C)CC2)cc(Cl)n1. The quantitative estimate of drug-likeness (QED) is 0.672. The van der Waals surface area contributed by atoms with Crippen molar-refractivity contribution in [2.75, 3.05) is 26.2 Å². The molecule has 0 atom stereocenters.